The number of nitrogens with one attached hydrogen (secondary N) is 1. The molecule has 2 aromatic rings. The minimum Gasteiger partial charge on any atom is -0.497 e. The lowest BCUT2D eigenvalue weighted by atomic mass is 9.97. The second-order valence-electron chi connectivity index (χ2n) is 4.40. The molecule has 0 fully saturated rings. The zero-order chi connectivity index (χ0) is 15.6. The fourth-order valence-corrected chi connectivity index (χ4v) is 2.11. The molecule has 112 valence electrons. The smallest absolute Gasteiger partial charge is 0.161 e. The highest BCUT2D eigenvalue weighted by atomic mass is 19.2. The molecule has 0 saturated carbocycles. The third-order valence-corrected chi connectivity index (χ3v) is 3.16. The minimum absolute atomic E-state index is 0.100. The van der Waals surface area contributed by atoms with Crippen LogP contribution in [0.15, 0.2) is 30.3 Å². The fraction of sp³-hybridized carbons (Fsp3) is 0.200. The maximum absolute atomic E-state index is 14.1. The molecule has 1 unspecified atom stereocenters. The van der Waals surface area contributed by atoms with Crippen LogP contribution in [0.2, 0.25) is 0 Å². The highest BCUT2D eigenvalue weighted by molar-refractivity contribution is 5.37. The zero-order valence-electron chi connectivity index (χ0n) is 11.4. The lowest BCUT2D eigenvalue weighted by Crippen LogP contribution is -2.20. The zero-order valence-corrected chi connectivity index (χ0v) is 11.4. The van der Waals surface area contributed by atoms with Gasteiger partial charge in [0.25, 0.3) is 0 Å². The molecular weight excluding hydrogens is 286 g/mol. The molecule has 21 heavy (non-hydrogen) atoms. The number of methoxy groups -OCH3 is 1. The van der Waals surface area contributed by atoms with E-state index >= 15 is 0 Å². The molecule has 0 aliphatic carbocycles. The number of hydrogen-bond acceptors (Lipinski definition) is 2. The molecule has 2 rings (SSSR count). The first-order valence-electron chi connectivity index (χ1n) is 6.13. The van der Waals surface area contributed by atoms with Gasteiger partial charge in [0.05, 0.1) is 13.2 Å². The number of rotatable bonds is 4. The monoisotopic (exact) mass is 299 g/mol. The quantitative estimate of drug-likeness (QED) is 0.688. The van der Waals surface area contributed by atoms with Gasteiger partial charge in [-0.25, -0.2) is 17.6 Å². The van der Waals surface area contributed by atoms with Gasteiger partial charge in [-0.05, 0) is 19.2 Å². The highest BCUT2D eigenvalue weighted by Crippen LogP contribution is 2.29. The Morgan fingerprint density at radius 2 is 1.48 bits per heavy atom. The predicted octanol–water partition coefficient (Wildman–Crippen LogP) is 3.56. The standard InChI is InChI=1S/C15H13F4NO/c1-20-15(9-4-3-8(21-2)5-11(9)16)10-6-13(18)14(19)7-12(10)17/h3-7,15,20H,1-2H3. The summed E-state index contributed by atoms with van der Waals surface area (Å²) in [6.07, 6.45) is 0. The summed E-state index contributed by atoms with van der Waals surface area (Å²) in [6.45, 7) is 0. The van der Waals surface area contributed by atoms with Gasteiger partial charge in [0.2, 0.25) is 0 Å². The second kappa shape index (κ2) is 6.13. The van der Waals surface area contributed by atoms with Crippen LogP contribution in [0.25, 0.3) is 0 Å². The number of hydrogen-bond donors (Lipinski definition) is 1. The first-order valence-corrected chi connectivity index (χ1v) is 6.13. The van der Waals surface area contributed by atoms with Crippen molar-refractivity contribution in [3.05, 3.63) is 64.7 Å². The normalized spacial score (nSPS) is 12.3. The van der Waals surface area contributed by atoms with Crippen molar-refractivity contribution in [2.45, 2.75) is 6.04 Å². The Labute approximate surface area is 119 Å². The maximum Gasteiger partial charge on any atom is 0.161 e. The molecule has 0 amide bonds. The third kappa shape index (κ3) is 3.00. The lowest BCUT2D eigenvalue weighted by molar-refractivity contribution is 0.410. The molecule has 2 nitrogen and oxygen atoms in total. The van der Waals surface area contributed by atoms with Crippen LogP contribution in [-0.2, 0) is 0 Å². The Morgan fingerprint density at radius 3 is 2.05 bits per heavy atom. The molecule has 0 bridgehead atoms. The van der Waals surface area contributed by atoms with Crippen molar-refractivity contribution in [3.63, 3.8) is 0 Å². The SMILES string of the molecule is CNC(c1ccc(OC)cc1F)c1cc(F)c(F)cc1F. The Hall–Kier alpha value is -2.08. The van der Waals surface area contributed by atoms with Crippen LogP contribution in [0.4, 0.5) is 17.6 Å². The molecule has 0 aromatic heterocycles. The summed E-state index contributed by atoms with van der Waals surface area (Å²) in [7, 11) is 2.86. The molecule has 0 aliphatic heterocycles. The molecule has 1 atom stereocenters. The van der Waals surface area contributed by atoms with Gasteiger partial charge >= 0.3 is 0 Å². The fourth-order valence-electron chi connectivity index (χ4n) is 2.11. The van der Waals surface area contributed by atoms with E-state index in [1.807, 2.05) is 0 Å². The summed E-state index contributed by atoms with van der Waals surface area (Å²) in [5.74, 6) is -3.78. The van der Waals surface area contributed by atoms with Crippen LogP contribution >= 0.6 is 0 Å². The van der Waals surface area contributed by atoms with Gasteiger partial charge in [0.1, 0.15) is 17.4 Å². The van der Waals surface area contributed by atoms with E-state index in [0.29, 0.717) is 11.8 Å². The topological polar surface area (TPSA) is 21.3 Å². The summed E-state index contributed by atoms with van der Waals surface area (Å²) in [5, 5.41) is 2.69. The molecule has 0 aliphatic rings. The number of benzene rings is 2. The van der Waals surface area contributed by atoms with Gasteiger partial charge in [-0.2, -0.15) is 0 Å². The largest absolute Gasteiger partial charge is 0.497 e. The Balaban J connectivity index is 2.52. The van der Waals surface area contributed by atoms with E-state index in [2.05, 4.69) is 5.32 Å². The lowest BCUT2D eigenvalue weighted by Gasteiger charge is -2.19. The molecule has 0 heterocycles. The molecule has 0 saturated heterocycles. The van der Waals surface area contributed by atoms with E-state index < -0.39 is 29.3 Å². The molecule has 2 aromatic carbocycles. The number of ether oxygens (including phenoxy) is 1. The molecule has 1 N–H and O–H groups in total. The van der Waals surface area contributed by atoms with Crippen molar-refractivity contribution in [2.24, 2.45) is 0 Å². The average Bonchev–Trinajstić information content (AvgIpc) is 2.46. The van der Waals surface area contributed by atoms with E-state index in [1.165, 1.54) is 26.3 Å². The highest BCUT2D eigenvalue weighted by Gasteiger charge is 2.22. The summed E-state index contributed by atoms with van der Waals surface area (Å²) in [4.78, 5) is 0. The Bertz CT molecular complexity index is 660. The van der Waals surface area contributed by atoms with E-state index in [1.54, 1.807) is 0 Å². The second-order valence-corrected chi connectivity index (χ2v) is 4.40. The Kier molecular flexibility index (Phi) is 4.47. The van der Waals surface area contributed by atoms with Crippen LogP contribution < -0.4 is 10.1 Å². The summed E-state index contributed by atoms with van der Waals surface area (Å²) >= 11 is 0. The Morgan fingerprint density at radius 1 is 0.857 bits per heavy atom. The summed E-state index contributed by atoms with van der Waals surface area (Å²) < 4.78 is 59.1. The minimum atomic E-state index is -1.29. The van der Waals surface area contributed by atoms with Crippen molar-refractivity contribution in [1.29, 1.82) is 0 Å². The van der Waals surface area contributed by atoms with Crippen molar-refractivity contribution in [1.82, 2.24) is 5.32 Å². The van der Waals surface area contributed by atoms with Gasteiger partial charge in [-0.1, -0.05) is 6.07 Å². The van der Waals surface area contributed by atoms with Gasteiger partial charge < -0.3 is 10.1 Å². The van der Waals surface area contributed by atoms with Crippen LogP contribution in [0.1, 0.15) is 17.2 Å². The van der Waals surface area contributed by atoms with Crippen LogP contribution in [0, 0.1) is 23.3 Å². The van der Waals surface area contributed by atoms with Gasteiger partial charge in [-0.15, -0.1) is 0 Å². The van der Waals surface area contributed by atoms with Crippen LogP contribution in [-0.4, -0.2) is 14.2 Å². The molecular formula is C15H13F4NO. The van der Waals surface area contributed by atoms with Crippen molar-refractivity contribution < 1.29 is 22.3 Å². The first kappa shape index (κ1) is 15.3. The summed E-state index contributed by atoms with van der Waals surface area (Å²) in [6, 6.07) is 4.24. The molecule has 6 heteroatoms. The van der Waals surface area contributed by atoms with Gasteiger partial charge in [0, 0.05) is 23.3 Å². The van der Waals surface area contributed by atoms with Crippen molar-refractivity contribution >= 4 is 0 Å². The van der Waals surface area contributed by atoms with E-state index in [0.717, 1.165) is 12.1 Å². The summed E-state index contributed by atoms with van der Waals surface area (Å²) in [5.41, 5.74) is -0.0799. The van der Waals surface area contributed by atoms with Gasteiger partial charge in [-0.3, -0.25) is 0 Å². The van der Waals surface area contributed by atoms with Gasteiger partial charge in [0.15, 0.2) is 11.6 Å². The molecule has 0 radical (unpaired) electrons. The van der Waals surface area contributed by atoms with E-state index in [-0.39, 0.29) is 11.1 Å². The van der Waals surface area contributed by atoms with Crippen LogP contribution in [0.5, 0.6) is 5.75 Å². The average molecular weight is 299 g/mol. The number of halogens is 4. The van der Waals surface area contributed by atoms with Crippen molar-refractivity contribution in [3.8, 4) is 5.75 Å². The van der Waals surface area contributed by atoms with Crippen LogP contribution in [0.3, 0.4) is 0 Å². The maximum atomic E-state index is 14.1. The first-order chi connectivity index (χ1) is 9.97. The predicted molar refractivity (Wildman–Crippen MR) is 70.2 cm³/mol. The molecule has 0 spiro atoms. The van der Waals surface area contributed by atoms with Crippen molar-refractivity contribution in [2.75, 3.05) is 14.2 Å². The third-order valence-electron chi connectivity index (χ3n) is 3.16. The van der Waals surface area contributed by atoms with E-state index in [9.17, 15) is 17.6 Å². The van der Waals surface area contributed by atoms with E-state index in [4.69, 9.17) is 4.74 Å².